The highest BCUT2D eigenvalue weighted by Gasteiger charge is 2.20. The van der Waals surface area contributed by atoms with Gasteiger partial charge in [0.05, 0.1) is 17.7 Å². The van der Waals surface area contributed by atoms with Crippen molar-refractivity contribution in [3.05, 3.63) is 53.6 Å². The molecular weight excluding hydrogens is 376 g/mol. The van der Waals surface area contributed by atoms with Crippen LogP contribution in [-0.4, -0.2) is 39.4 Å². The molecule has 1 aliphatic rings. The zero-order valence-corrected chi connectivity index (χ0v) is 17.1. The van der Waals surface area contributed by atoms with Crippen LogP contribution in [0.4, 0.5) is 5.69 Å². The predicted octanol–water partition coefficient (Wildman–Crippen LogP) is 3.82. The number of nitrogens with one attached hydrogen (secondary N) is 1. The number of carbonyl (C=O) groups is 1. The molecule has 1 heterocycles. The lowest BCUT2D eigenvalue weighted by molar-refractivity contribution is 0.0761. The van der Waals surface area contributed by atoms with E-state index in [1.54, 1.807) is 30.3 Å². The molecule has 0 bridgehead atoms. The van der Waals surface area contributed by atoms with E-state index in [0.29, 0.717) is 17.0 Å². The van der Waals surface area contributed by atoms with E-state index in [0.717, 1.165) is 44.3 Å². The predicted molar refractivity (Wildman–Crippen MR) is 109 cm³/mol. The second-order valence-corrected chi connectivity index (χ2v) is 8.70. The minimum absolute atomic E-state index is 0.0493. The largest absolute Gasteiger partial charge is 0.497 e. The van der Waals surface area contributed by atoms with Gasteiger partial charge in [-0.25, -0.2) is 8.42 Å². The van der Waals surface area contributed by atoms with Crippen molar-refractivity contribution >= 4 is 21.6 Å². The summed E-state index contributed by atoms with van der Waals surface area (Å²) in [6, 6.07) is 11.3. The lowest BCUT2D eigenvalue weighted by Gasteiger charge is -2.21. The number of amides is 1. The molecule has 0 unspecified atom stereocenters. The van der Waals surface area contributed by atoms with Crippen molar-refractivity contribution in [2.45, 2.75) is 37.5 Å². The number of methoxy groups -OCH3 is 1. The van der Waals surface area contributed by atoms with Crippen molar-refractivity contribution in [1.29, 1.82) is 0 Å². The molecule has 150 valence electrons. The van der Waals surface area contributed by atoms with Gasteiger partial charge < -0.3 is 9.64 Å². The number of hydrogen-bond donors (Lipinski definition) is 1. The maximum atomic E-state index is 12.9. The van der Waals surface area contributed by atoms with E-state index in [2.05, 4.69) is 4.72 Å². The molecule has 0 radical (unpaired) electrons. The summed E-state index contributed by atoms with van der Waals surface area (Å²) in [5, 5.41) is 0. The van der Waals surface area contributed by atoms with Crippen molar-refractivity contribution < 1.29 is 17.9 Å². The lowest BCUT2D eigenvalue weighted by Crippen LogP contribution is -2.31. The summed E-state index contributed by atoms with van der Waals surface area (Å²) >= 11 is 0. The maximum absolute atomic E-state index is 12.9. The molecule has 2 aromatic carbocycles. The average molecular weight is 403 g/mol. The van der Waals surface area contributed by atoms with Crippen LogP contribution < -0.4 is 9.46 Å². The van der Waals surface area contributed by atoms with Gasteiger partial charge in [-0.15, -0.1) is 0 Å². The first-order valence-corrected chi connectivity index (χ1v) is 11.0. The monoisotopic (exact) mass is 402 g/mol. The Morgan fingerprint density at radius 2 is 1.64 bits per heavy atom. The average Bonchev–Trinajstić information content (AvgIpc) is 2.98. The molecule has 1 N–H and O–H groups in total. The van der Waals surface area contributed by atoms with Gasteiger partial charge >= 0.3 is 0 Å². The van der Waals surface area contributed by atoms with Crippen molar-refractivity contribution in [2.75, 3.05) is 24.9 Å². The van der Waals surface area contributed by atoms with Crippen LogP contribution in [-0.2, 0) is 10.0 Å². The topological polar surface area (TPSA) is 75.7 Å². The molecule has 0 aromatic heterocycles. The fraction of sp³-hybridized carbons (Fsp3) is 0.381. The molecule has 1 aliphatic heterocycles. The molecule has 1 saturated heterocycles. The second kappa shape index (κ2) is 8.65. The van der Waals surface area contributed by atoms with E-state index in [-0.39, 0.29) is 10.8 Å². The van der Waals surface area contributed by atoms with Gasteiger partial charge in [0.25, 0.3) is 15.9 Å². The van der Waals surface area contributed by atoms with E-state index < -0.39 is 10.0 Å². The zero-order valence-electron chi connectivity index (χ0n) is 16.3. The van der Waals surface area contributed by atoms with Gasteiger partial charge in [-0.3, -0.25) is 9.52 Å². The van der Waals surface area contributed by atoms with E-state index in [9.17, 15) is 13.2 Å². The first kappa shape index (κ1) is 20.2. The molecule has 3 rings (SSSR count). The van der Waals surface area contributed by atoms with Crippen LogP contribution in [0.15, 0.2) is 47.4 Å². The summed E-state index contributed by atoms with van der Waals surface area (Å²) in [7, 11) is -2.24. The Hall–Kier alpha value is -2.54. The molecule has 0 atom stereocenters. The molecule has 7 heteroatoms. The molecule has 6 nitrogen and oxygen atoms in total. The zero-order chi connectivity index (χ0) is 20.1. The maximum Gasteiger partial charge on any atom is 0.261 e. The quantitative estimate of drug-likeness (QED) is 0.825. The number of hydrogen-bond acceptors (Lipinski definition) is 4. The van der Waals surface area contributed by atoms with Gasteiger partial charge in [0, 0.05) is 18.7 Å². The summed E-state index contributed by atoms with van der Waals surface area (Å²) in [5.41, 5.74) is 1.67. The number of nitrogens with zero attached hydrogens (tertiary/aromatic N) is 1. The second-order valence-electron chi connectivity index (χ2n) is 7.02. The number of likely N-dealkylation sites (tertiary alicyclic amines) is 1. The van der Waals surface area contributed by atoms with Gasteiger partial charge in [-0.2, -0.15) is 0 Å². The SMILES string of the molecule is COc1ccc(S(=O)(=O)Nc2cc(C(=O)N3CCCCCC3)ccc2C)cc1. The molecule has 1 amide bonds. The third kappa shape index (κ3) is 4.65. The summed E-state index contributed by atoms with van der Waals surface area (Å²) in [4.78, 5) is 14.9. The van der Waals surface area contributed by atoms with Crippen LogP contribution in [0.3, 0.4) is 0 Å². The summed E-state index contributed by atoms with van der Waals surface area (Å²) in [5.74, 6) is 0.534. The summed E-state index contributed by atoms with van der Waals surface area (Å²) in [6.45, 7) is 3.31. The van der Waals surface area contributed by atoms with Crippen LogP contribution in [0.5, 0.6) is 5.75 Å². The molecule has 28 heavy (non-hydrogen) atoms. The molecule has 0 aliphatic carbocycles. The Morgan fingerprint density at radius 1 is 1.00 bits per heavy atom. The number of benzene rings is 2. The van der Waals surface area contributed by atoms with Gasteiger partial charge in [0.1, 0.15) is 5.75 Å². The molecule has 1 fully saturated rings. The highest BCUT2D eigenvalue weighted by molar-refractivity contribution is 7.92. The van der Waals surface area contributed by atoms with Crippen LogP contribution in [0, 0.1) is 6.92 Å². The number of carbonyl (C=O) groups excluding carboxylic acids is 1. The van der Waals surface area contributed by atoms with Gasteiger partial charge in [-0.05, 0) is 61.7 Å². The van der Waals surface area contributed by atoms with Crippen LogP contribution >= 0.6 is 0 Å². The number of sulfonamides is 1. The fourth-order valence-electron chi connectivity index (χ4n) is 3.28. The van der Waals surface area contributed by atoms with Crippen molar-refractivity contribution in [3.8, 4) is 5.75 Å². The van der Waals surface area contributed by atoms with E-state index in [1.165, 1.54) is 19.2 Å². The summed E-state index contributed by atoms with van der Waals surface area (Å²) < 4.78 is 33.2. The number of rotatable bonds is 5. The third-order valence-corrected chi connectivity index (χ3v) is 6.37. The van der Waals surface area contributed by atoms with Gasteiger partial charge in [0.2, 0.25) is 0 Å². The minimum atomic E-state index is -3.76. The van der Waals surface area contributed by atoms with Crippen LogP contribution in [0.1, 0.15) is 41.6 Å². The highest BCUT2D eigenvalue weighted by atomic mass is 32.2. The molecule has 0 spiro atoms. The normalized spacial score (nSPS) is 15.0. The lowest BCUT2D eigenvalue weighted by atomic mass is 10.1. The Balaban J connectivity index is 1.83. The van der Waals surface area contributed by atoms with Gasteiger partial charge in [-0.1, -0.05) is 18.9 Å². The fourth-order valence-corrected chi connectivity index (χ4v) is 4.40. The van der Waals surface area contributed by atoms with Crippen molar-refractivity contribution in [1.82, 2.24) is 4.90 Å². The van der Waals surface area contributed by atoms with E-state index in [1.807, 2.05) is 11.8 Å². The molecular formula is C21H26N2O4S. The van der Waals surface area contributed by atoms with Crippen LogP contribution in [0.2, 0.25) is 0 Å². The smallest absolute Gasteiger partial charge is 0.261 e. The van der Waals surface area contributed by atoms with E-state index >= 15 is 0 Å². The Labute approximate surface area is 166 Å². The number of anilines is 1. The molecule has 2 aromatic rings. The van der Waals surface area contributed by atoms with Crippen molar-refractivity contribution in [3.63, 3.8) is 0 Å². The third-order valence-electron chi connectivity index (χ3n) is 4.99. The number of ether oxygens (including phenoxy) is 1. The first-order chi connectivity index (χ1) is 13.4. The highest BCUT2D eigenvalue weighted by Crippen LogP contribution is 2.24. The first-order valence-electron chi connectivity index (χ1n) is 9.47. The van der Waals surface area contributed by atoms with Crippen LogP contribution in [0.25, 0.3) is 0 Å². The van der Waals surface area contributed by atoms with E-state index in [4.69, 9.17) is 4.74 Å². The van der Waals surface area contributed by atoms with Gasteiger partial charge in [0.15, 0.2) is 0 Å². The minimum Gasteiger partial charge on any atom is -0.497 e. The Kier molecular flexibility index (Phi) is 6.24. The molecule has 0 saturated carbocycles. The number of aryl methyl sites for hydroxylation is 1. The summed E-state index contributed by atoms with van der Waals surface area (Å²) in [6.07, 6.45) is 4.30. The Bertz CT molecular complexity index is 931. The van der Waals surface area contributed by atoms with Crippen molar-refractivity contribution in [2.24, 2.45) is 0 Å². The Morgan fingerprint density at radius 3 is 2.25 bits per heavy atom. The standard InChI is InChI=1S/C21H26N2O4S/c1-16-7-8-17(21(24)23-13-5-3-4-6-14-23)15-20(16)22-28(25,26)19-11-9-18(27-2)10-12-19/h7-12,15,22H,3-6,13-14H2,1-2H3.